The van der Waals surface area contributed by atoms with E-state index >= 15 is 0 Å². The molecule has 2 aromatic rings. The molecule has 1 aromatic carbocycles. The van der Waals surface area contributed by atoms with Gasteiger partial charge in [-0.1, -0.05) is 6.07 Å². The minimum absolute atomic E-state index is 0.0549. The molecule has 112 valence electrons. The molecule has 0 aliphatic rings. The summed E-state index contributed by atoms with van der Waals surface area (Å²) in [6.07, 6.45) is 1.50. The average molecular weight is 315 g/mol. The van der Waals surface area contributed by atoms with E-state index < -0.39 is 0 Å². The molecule has 1 heterocycles. The van der Waals surface area contributed by atoms with Crippen LogP contribution in [0.25, 0.3) is 0 Å². The zero-order valence-corrected chi connectivity index (χ0v) is 12.6. The number of hydrogen-bond donors (Lipinski definition) is 1. The van der Waals surface area contributed by atoms with Gasteiger partial charge in [0.05, 0.1) is 18.2 Å². The van der Waals surface area contributed by atoms with E-state index in [4.69, 9.17) is 14.7 Å². The lowest BCUT2D eigenvalue weighted by molar-refractivity contribution is 0.0959. The van der Waals surface area contributed by atoms with Gasteiger partial charge in [-0.25, -0.2) is 5.43 Å². The quantitative estimate of drug-likeness (QED) is 0.655. The molecule has 2 rings (SSSR count). The molecule has 0 saturated heterocycles. The van der Waals surface area contributed by atoms with Gasteiger partial charge in [-0.05, 0) is 35.2 Å². The number of hydrogen-bond acceptors (Lipinski definition) is 6. The molecule has 0 fully saturated rings. The number of rotatable bonds is 6. The number of benzene rings is 1. The van der Waals surface area contributed by atoms with Gasteiger partial charge in [0.25, 0.3) is 5.91 Å². The van der Waals surface area contributed by atoms with Crippen LogP contribution >= 0.6 is 11.3 Å². The standard InChI is InChI=1S/C15H13N3O3S/c1-20-13-9-11(4-5-12(13)21-7-6-16)10-17-18-15(19)14-3-2-8-22-14/h2-5,8-10H,7H2,1H3,(H,18,19)/b17-10-. The Hall–Kier alpha value is -2.85. The summed E-state index contributed by atoms with van der Waals surface area (Å²) in [5, 5.41) is 14.2. The van der Waals surface area contributed by atoms with Crippen LogP contribution in [-0.2, 0) is 0 Å². The number of amides is 1. The van der Waals surface area contributed by atoms with Crippen molar-refractivity contribution in [3.05, 3.63) is 46.2 Å². The van der Waals surface area contributed by atoms with E-state index in [1.807, 2.05) is 11.4 Å². The van der Waals surface area contributed by atoms with Crippen LogP contribution in [0, 0.1) is 11.3 Å². The Kier molecular flexibility index (Phi) is 5.51. The van der Waals surface area contributed by atoms with Crippen molar-refractivity contribution in [2.75, 3.05) is 13.7 Å². The van der Waals surface area contributed by atoms with Crippen LogP contribution in [0.2, 0.25) is 0 Å². The minimum atomic E-state index is -0.257. The third-order valence-electron chi connectivity index (χ3n) is 2.60. The molecule has 0 saturated carbocycles. The topological polar surface area (TPSA) is 83.7 Å². The van der Waals surface area contributed by atoms with Gasteiger partial charge in [0, 0.05) is 0 Å². The lowest BCUT2D eigenvalue weighted by Crippen LogP contribution is -2.16. The molecule has 0 atom stereocenters. The highest BCUT2D eigenvalue weighted by atomic mass is 32.1. The predicted octanol–water partition coefficient (Wildman–Crippen LogP) is 2.42. The third kappa shape index (κ3) is 4.07. The van der Waals surface area contributed by atoms with Gasteiger partial charge >= 0.3 is 0 Å². The third-order valence-corrected chi connectivity index (χ3v) is 3.47. The van der Waals surface area contributed by atoms with Crippen LogP contribution in [-0.4, -0.2) is 25.8 Å². The summed E-state index contributed by atoms with van der Waals surface area (Å²) in [4.78, 5) is 12.3. The van der Waals surface area contributed by atoms with E-state index in [0.717, 1.165) is 5.56 Å². The first-order chi connectivity index (χ1) is 10.7. The van der Waals surface area contributed by atoms with E-state index in [9.17, 15) is 4.79 Å². The lowest BCUT2D eigenvalue weighted by atomic mass is 10.2. The van der Waals surface area contributed by atoms with Crippen molar-refractivity contribution in [2.45, 2.75) is 0 Å². The molecule has 0 bridgehead atoms. The van der Waals surface area contributed by atoms with Crippen LogP contribution in [0.4, 0.5) is 0 Å². The second-order valence-electron chi connectivity index (χ2n) is 4.03. The average Bonchev–Trinajstić information content (AvgIpc) is 3.07. The van der Waals surface area contributed by atoms with E-state index in [-0.39, 0.29) is 12.5 Å². The van der Waals surface area contributed by atoms with Crippen LogP contribution in [0.15, 0.2) is 40.8 Å². The molecular weight excluding hydrogens is 302 g/mol. The molecule has 1 amide bonds. The summed E-state index contributed by atoms with van der Waals surface area (Å²) in [5.41, 5.74) is 3.18. The highest BCUT2D eigenvalue weighted by molar-refractivity contribution is 7.12. The minimum Gasteiger partial charge on any atom is -0.493 e. The summed E-state index contributed by atoms with van der Waals surface area (Å²) in [6, 6.07) is 10.5. The molecule has 22 heavy (non-hydrogen) atoms. The first kappa shape index (κ1) is 15.5. The number of carbonyl (C=O) groups excluding carboxylic acids is 1. The smallest absolute Gasteiger partial charge is 0.281 e. The molecule has 0 spiro atoms. The number of nitrogens with zero attached hydrogens (tertiary/aromatic N) is 2. The zero-order valence-electron chi connectivity index (χ0n) is 11.8. The summed E-state index contributed by atoms with van der Waals surface area (Å²) < 4.78 is 10.4. The summed E-state index contributed by atoms with van der Waals surface area (Å²) in [7, 11) is 1.51. The Bertz CT molecular complexity index is 705. The van der Waals surface area contributed by atoms with Gasteiger partial charge in [0.2, 0.25) is 0 Å². The Morgan fingerprint density at radius 1 is 1.45 bits per heavy atom. The van der Waals surface area contributed by atoms with Gasteiger partial charge in [-0.15, -0.1) is 11.3 Å². The maximum absolute atomic E-state index is 11.7. The van der Waals surface area contributed by atoms with Gasteiger partial charge in [0.1, 0.15) is 6.07 Å². The molecule has 7 heteroatoms. The van der Waals surface area contributed by atoms with Gasteiger partial charge < -0.3 is 9.47 Å². The van der Waals surface area contributed by atoms with E-state index in [2.05, 4.69) is 10.5 Å². The second kappa shape index (κ2) is 7.81. The van der Waals surface area contributed by atoms with Crippen molar-refractivity contribution in [1.82, 2.24) is 5.43 Å². The monoisotopic (exact) mass is 315 g/mol. The van der Waals surface area contributed by atoms with Crippen LogP contribution in [0.1, 0.15) is 15.2 Å². The second-order valence-corrected chi connectivity index (χ2v) is 4.98. The summed E-state index contributed by atoms with van der Waals surface area (Å²) in [5.74, 6) is 0.708. The molecular formula is C15H13N3O3S. The van der Waals surface area contributed by atoms with Crippen LogP contribution in [0.3, 0.4) is 0 Å². The Morgan fingerprint density at radius 2 is 2.32 bits per heavy atom. The number of nitriles is 1. The Balaban J connectivity index is 2.02. The number of ether oxygens (including phenoxy) is 2. The molecule has 0 aliphatic heterocycles. The largest absolute Gasteiger partial charge is 0.493 e. The fourth-order valence-electron chi connectivity index (χ4n) is 1.62. The number of nitrogens with one attached hydrogen (secondary N) is 1. The maximum atomic E-state index is 11.7. The van der Waals surface area contributed by atoms with Gasteiger partial charge in [0.15, 0.2) is 18.1 Å². The SMILES string of the molecule is COc1cc(/C=N\NC(=O)c2cccs2)ccc1OCC#N. The number of methoxy groups -OCH3 is 1. The molecule has 0 radical (unpaired) electrons. The fourth-order valence-corrected chi connectivity index (χ4v) is 2.24. The van der Waals surface area contributed by atoms with Crippen LogP contribution in [0.5, 0.6) is 11.5 Å². The molecule has 1 aromatic heterocycles. The van der Waals surface area contributed by atoms with Crippen molar-refractivity contribution >= 4 is 23.5 Å². The number of carbonyl (C=O) groups is 1. The number of thiophene rings is 1. The number of hydrazone groups is 1. The highest BCUT2D eigenvalue weighted by Gasteiger charge is 2.06. The zero-order chi connectivity index (χ0) is 15.8. The van der Waals surface area contributed by atoms with Crippen molar-refractivity contribution in [2.24, 2.45) is 5.10 Å². The van der Waals surface area contributed by atoms with Crippen molar-refractivity contribution in [3.8, 4) is 17.6 Å². The molecule has 6 nitrogen and oxygen atoms in total. The van der Waals surface area contributed by atoms with Gasteiger partial charge in [-0.2, -0.15) is 10.4 Å². The first-order valence-electron chi connectivity index (χ1n) is 6.29. The fraction of sp³-hybridized carbons (Fsp3) is 0.133. The van der Waals surface area contributed by atoms with Crippen molar-refractivity contribution < 1.29 is 14.3 Å². The van der Waals surface area contributed by atoms with Gasteiger partial charge in [-0.3, -0.25) is 4.79 Å². The Labute approximate surface area is 131 Å². The molecule has 1 N–H and O–H groups in total. The normalized spacial score (nSPS) is 10.2. The summed E-state index contributed by atoms with van der Waals surface area (Å²) in [6.45, 7) is -0.0549. The first-order valence-corrected chi connectivity index (χ1v) is 7.17. The van der Waals surface area contributed by atoms with Crippen molar-refractivity contribution in [3.63, 3.8) is 0 Å². The predicted molar refractivity (Wildman–Crippen MR) is 83.5 cm³/mol. The van der Waals surface area contributed by atoms with E-state index in [1.165, 1.54) is 24.7 Å². The molecule has 0 unspecified atom stereocenters. The maximum Gasteiger partial charge on any atom is 0.281 e. The summed E-state index contributed by atoms with van der Waals surface area (Å²) >= 11 is 1.34. The van der Waals surface area contributed by atoms with E-state index in [1.54, 1.807) is 30.3 Å². The molecule has 0 aliphatic carbocycles. The van der Waals surface area contributed by atoms with Crippen LogP contribution < -0.4 is 14.9 Å². The van der Waals surface area contributed by atoms with Crippen molar-refractivity contribution in [1.29, 1.82) is 5.26 Å². The van der Waals surface area contributed by atoms with E-state index in [0.29, 0.717) is 16.4 Å². The Morgan fingerprint density at radius 3 is 3.00 bits per heavy atom. The highest BCUT2D eigenvalue weighted by Crippen LogP contribution is 2.27. The lowest BCUT2D eigenvalue weighted by Gasteiger charge is -2.08.